The molecule has 1 unspecified atom stereocenters. The third-order valence-corrected chi connectivity index (χ3v) is 3.81. The van der Waals surface area contributed by atoms with Crippen LogP contribution in [0.25, 0.3) is 0 Å². The zero-order valence-corrected chi connectivity index (χ0v) is 11.1. The molecule has 6 heteroatoms. The van der Waals surface area contributed by atoms with E-state index in [-0.39, 0.29) is 11.9 Å². The second kappa shape index (κ2) is 5.14. The van der Waals surface area contributed by atoms with Crippen molar-refractivity contribution in [2.24, 2.45) is 5.73 Å². The van der Waals surface area contributed by atoms with Crippen LogP contribution < -0.4 is 10.6 Å². The lowest BCUT2D eigenvalue weighted by Crippen LogP contribution is -2.24. The second-order valence-corrected chi connectivity index (χ2v) is 4.94. The Hall–Kier alpha value is -1.95. The standard InChI is InChI=1S/C12H15N5S/c1-8(10-4-3-7-18-10)17(2)12-15-6-5-9(16-12)11(13)14/h3-8H,1-2H3,(H3,13,14). The number of rotatable bonds is 4. The Kier molecular flexibility index (Phi) is 3.57. The molecule has 2 heterocycles. The van der Waals surface area contributed by atoms with Crippen LogP contribution in [0.4, 0.5) is 5.95 Å². The molecule has 5 nitrogen and oxygen atoms in total. The van der Waals surface area contributed by atoms with Crippen molar-refractivity contribution in [2.45, 2.75) is 13.0 Å². The van der Waals surface area contributed by atoms with E-state index in [1.54, 1.807) is 23.6 Å². The Balaban J connectivity index is 2.25. The highest BCUT2D eigenvalue weighted by atomic mass is 32.1. The van der Waals surface area contributed by atoms with Gasteiger partial charge in [0.1, 0.15) is 11.5 Å². The number of nitrogens with one attached hydrogen (secondary N) is 1. The van der Waals surface area contributed by atoms with Gasteiger partial charge in [0.15, 0.2) is 0 Å². The maximum absolute atomic E-state index is 7.39. The Morgan fingerprint density at radius 1 is 1.50 bits per heavy atom. The summed E-state index contributed by atoms with van der Waals surface area (Å²) < 4.78 is 0. The molecule has 2 aromatic rings. The van der Waals surface area contributed by atoms with Crippen molar-refractivity contribution in [3.8, 4) is 0 Å². The minimum Gasteiger partial charge on any atom is -0.382 e. The number of nitrogen functional groups attached to an aromatic ring is 1. The SMILES string of the molecule is CC(c1cccs1)N(C)c1nccc(C(=N)N)n1. The summed E-state index contributed by atoms with van der Waals surface area (Å²) in [5.74, 6) is 0.527. The fourth-order valence-electron chi connectivity index (χ4n) is 1.56. The number of aromatic nitrogens is 2. The Morgan fingerprint density at radius 2 is 2.28 bits per heavy atom. The van der Waals surface area contributed by atoms with Crippen molar-refractivity contribution in [3.63, 3.8) is 0 Å². The summed E-state index contributed by atoms with van der Waals surface area (Å²) >= 11 is 1.70. The molecule has 18 heavy (non-hydrogen) atoms. The molecule has 0 amide bonds. The van der Waals surface area contributed by atoms with Crippen molar-refractivity contribution in [1.82, 2.24) is 9.97 Å². The van der Waals surface area contributed by atoms with Gasteiger partial charge in [0, 0.05) is 18.1 Å². The summed E-state index contributed by atoms with van der Waals surface area (Å²) in [5, 5.41) is 9.44. The summed E-state index contributed by atoms with van der Waals surface area (Å²) in [6, 6.07) is 5.93. The normalized spacial score (nSPS) is 12.1. The van der Waals surface area contributed by atoms with Gasteiger partial charge in [0.05, 0.1) is 6.04 Å². The van der Waals surface area contributed by atoms with Gasteiger partial charge in [-0.3, -0.25) is 5.41 Å². The summed E-state index contributed by atoms with van der Waals surface area (Å²) in [5.41, 5.74) is 5.88. The summed E-state index contributed by atoms with van der Waals surface area (Å²) in [6.45, 7) is 2.09. The van der Waals surface area contributed by atoms with Crippen molar-refractivity contribution in [2.75, 3.05) is 11.9 Å². The molecule has 0 aliphatic carbocycles. The monoisotopic (exact) mass is 261 g/mol. The molecule has 1 atom stereocenters. The zero-order chi connectivity index (χ0) is 13.1. The Bertz CT molecular complexity index is 537. The lowest BCUT2D eigenvalue weighted by atomic mass is 10.2. The topological polar surface area (TPSA) is 78.9 Å². The van der Waals surface area contributed by atoms with E-state index in [4.69, 9.17) is 11.1 Å². The first-order chi connectivity index (χ1) is 8.59. The van der Waals surface area contributed by atoms with Crippen molar-refractivity contribution >= 4 is 23.1 Å². The molecule has 2 aromatic heterocycles. The average molecular weight is 261 g/mol. The maximum Gasteiger partial charge on any atom is 0.226 e. The van der Waals surface area contributed by atoms with E-state index in [9.17, 15) is 0 Å². The van der Waals surface area contributed by atoms with Gasteiger partial charge in [-0.15, -0.1) is 11.3 Å². The van der Waals surface area contributed by atoms with Gasteiger partial charge >= 0.3 is 0 Å². The van der Waals surface area contributed by atoms with Gasteiger partial charge in [-0.05, 0) is 24.4 Å². The van der Waals surface area contributed by atoms with E-state index in [0.29, 0.717) is 11.6 Å². The summed E-state index contributed by atoms with van der Waals surface area (Å²) in [7, 11) is 1.93. The molecule has 0 fully saturated rings. The first kappa shape index (κ1) is 12.5. The number of nitrogens with zero attached hydrogens (tertiary/aromatic N) is 3. The lowest BCUT2D eigenvalue weighted by Gasteiger charge is -2.24. The molecule has 0 aliphatic rings. The number of nitrogens with two attached hydrogens (primary N) is 1. The minimum absolute atomic E-state index is 0.0455. The number of anilines is 1. The molecule has 3 N–H and O–H groups in total. The molecule has 94 valence electrons. The van der Waals surface area contributed by atoms with Crippen LogP contribution in [0, 0.1) is 5.41 Å². The fraction of sp³-hybridized carbons (Fsp3) is 0.250. The van der Waals surface area contributed by atoms with Gasteiger partial charge in [-0.25, -0.2) is 9.97 Å². The van der Waals surface area contributed by atoms with E-state index in [1.165, 1.54) is 4.88 Å². The second-order valence-electron chi connectivity index (χ2n) is 3.96. The highest BCUT2D eigenvalue weighted by Crippen LogP contribution is 2.25. The predicted molar refractivity (Wildman–Crippen MR) is 74.2 cm³/mol. The third-order valence-electron chi connectivity index (χ3n) is 2.77. The van der Waals surface area contributed by atoms with Crippen LogP contribution >= 0.6 is 11.3 Å². The highest BCUT2D eigenvalue weighted by Gasteiger charge is 2.15. The van der Waals surface area contributed by atoms with Crippen LogP contribution in [0.5, 0.6) is 0 Å². The third kappa shape index (κ3) is 2.48. The fourth-order valence-corrected chi connectivity index (χ4v) is 2.39. The van der Waals surface area contributed by atoms with E-state index in [0.717, 1.165) is 0 Å². The molecule has 0 aliphatic heterocycles. The first-order valence-electron chi connectivity index (χ1n) is 5.53. The molecule has 2 rings (SSSR count). The molecular formula is C12H15N5S. The van der Waals surface area contributed by atoms with Crippen LogP contribution in [-0.4, -0.2) is 22.9 Å². The van der Waals surface area contributed by atoms with Gasteiger partial charge < -0.3 is 10.6 Å². The first-order valence-corrected chi connectivity index (χ1v) is 6.41. The van der Waals surface area contributed by atoms with Gasteiger partial charge in [0.25, 0.3) is 0 Å². The molecular weight excluding hydrogens is 246 g/mol. The average Bonchev–Trinajstić information content (AvgIpc) is 2.91. The van der Waals surface area contributed by atoms with Crippen LogP contribution in [0.15, 0.2) is 29.8 Å². The quantitative estimate of drug-likeness (QED) is 0.652. The molecule has 0 aromatic carbocycles. The number of amidine groups is 1. The molecule has 0 spiro atoms. The van der Waals surface area contributed by atoms with Crippen LogP contribution in [0.3, 0.4) is 0 Å². The van der Waals surface area contributed by atoms with E-state index < -0.39 is 0 Å². The minimum atomic E-state index is -0.0455. The van der Waals surface area contributed by atoms with Gasteiger partial charge in [-0.1, -0.05) is 6.07 Å². The Morgan fingerprint density at radius 3 is 2.89 bits per heavy atom. The van der Waals surface area contributed by atoms with E-state index >= 15 is 0 Å². The molecule has 0 saturated carbocycles. The maximum atomic E-state index is 7.39. The van der Waals surface area contributed by atoms with Gasteiger partial charge in [0.2, 0.25) is 5.95 Å². The Labute approximate surface area is 110 Å². The van der Waals surface area contributed by atoms with Gasteiger partial charge in [-0.2, -0.15) is 0 Å². The van der Waals surface area contributed by atoms with Crippen LogP contribution in [-0.2, 0) is 0 Å². The van der Waals surface area contributed by atoms with Crippen LogP contribution in [0.2, 0.25) is 0 Å². The van der Waals surface area contributed by atoms with Crippen molar-refractivity contribution in [1.29, 1.82) is 5.41 Å². The van der Waals surface area contributed by atoms with Crippen LogP contribution in [0.1, 0.15) is 23.5 Å². The van der Waals surface area contributed by atoms with E-state index in [2.05, 4.69) is 23.0 Å². The molecule has 0 radical (unpaired) electrons. The summed E-state index contributed by atoms with van der Waals surface area (Å²) in [4.78, 5) is 11.7. The number of hydrogen-bond donors (Lipinski definition) is 2. The number of thiophene rings is 1. The number of hydrogen-bond acceptors (Lipinski definition) is 5. The largest absolute Gasteiger partial charge is 0.382 e. The van der Waals surface area contributed by atoms with E-state index in [1.807, 2.05) is 23.4 Å². The summed E-state index contributed by atoms with van der Waals surface area (Å²) in [6.07, 6.45) is 1.62. The van der Waals surface area contributed by atoms with Crippen molar-refractivity contribution in [3.05, 3.63) is 40.3 Å². The smallest absolute Gasteiger partial charge is 0.226 e. The predicted octanol–water partition coefficient (Wildman–Crippen LogP) is 2.02. The lowest BCUT2D eigenvalue weighted by molar-refractivity contribution is 0.727. The highest BCUT2D eigenvalue weighted by molar-refractivity contribution is 7.10. The zero-order valence-electron chi connectivity index (χ0n) is 10.3. The van der Waals surface area contributed by atoms with Crippen molar-refractivity contribution < 1.29 is 0 Å². The molecule has 0 bridgehead atoms. The molecule has 0 saturated heterocycles.